The predicted octanol–water partition coefficient (Wildman–Crippen LogP) is 1.60. The van der Waals surface area contributed by atoms with Gasteiger partial charge >= 0.3 is 0 Å². The van der Waals surface area contributed by atoms with E-state index in [1.54, 1.807) is 13.4 Å². The monoisotopic (exact) mass is 246 g/mol. The van der Waals surface area contributed by atoms with Gasteiger partial charge in [-0.3, -0.25) is 0 Å². The number of methoxy groups -OCH3 is 1. The van der Waals surface area contributed by atoms with Gasteiger partial charge in [0.15, 0.2) is 0 Å². The zero-order valence-electron chi connectivity index (χ0n) is 10.8. The minimum atomic E-state index is 0.700. The highest BCUT2D eigenvalue weighted by Crippen LogP contribution is 2.16. The number of nitrogens with one attached hydrogen (secondary N) is 1. The second-order valence-electron chi connectivity index (χ2n) is 3.91. The summed E-state index contributed by atoms with van der Waals surface area (Å²) in [7, 11) is 1.69. The highest BCUT2D eigenvalue weighted by molar-refractivity contribution is 5.32. The lowest BCUT2D eigenvalue weighted by molar-refractivity contribution is 0.407. The number of hydrogen-bond acceptors (Lipinski definition) is 4. The van der Waals surface area contributed by atoms with Crippen molar-refractivity contribution in [3.05, 3.63) is 42.0 Å². The van der Waals surface area contributed by atoms with E-state index in [2.05, 4.69) is 28.4 Å². The zero-order chi connectivity index (χ0) is 12.8. The third-order valence-electron chi connectivity index (χ3n) is 2.79. The average molecular weight is 246 g/mol. The molecule has 0 aliphatic rings. The number of ether oxygens (including phenoxy) is 1. The van der Waals surface area contributed by atoms with Crippen LogP contribution in [0.4, 0.5) is 0 Å². The minimum absolute atomic E-state index is 0.700. The summed E-state index contributed by atoms with van der Waals surface area (Å²) in [6.45, 7) is 4.34. The van der Waals surface area contributed by atoms with Crippen molar-refractivity contribution in [2.75, 3.05) is 7.11 Å². The SMILES string of the molecule is CCn1ncnc1CNCc1ccccc1OC. The van der Waals surface area contributed by atoms with Crippen LogP contribution in [0.1, 0.15) is 18.3 Å². The summed E-state index contributed by atoms with van der Waals surface area (Å²) in [4.78, 5) is 4.22. The van der Waals surface area contributed by atoms with Crippen LogP contribution in [0, 0.1) is 0 Å². The standard InChI is InChI=1S/C13H18N4O/c1-3-17-13(15-10-16-17)9-14-8-11-6-4-5-7-12(11)18-2/h4-7,10,14H,3,8-9H2,1-2H3. The fourth-order valence-corrected chi connectivity index (χ4v) is 1.85. The van der Waals surface area contributed by atoms with Crippen molar-refractivity contribution in [3.63, 3.8) is 0 Å². The van der Waals surface area contributed by atoms with Crippen LogP contribution in [0.25, 0.3) is 0 Å². The maximum atomic E-state index is 5.30. The Kier molecular flexibility index (Phi) is 4.30. The zero-order valence-corrected chi connectivity index (χ0v) is 10.8. The van der Waals surface area contributed by atoms with E-state index in [0.717, 1.165) is 30.2 Å². The van der Waals surface area contributed by atoms with Gasteiger partial charge in [-0.2, -0.15) is 5.10 Å². The van der Waals surface area contributed by atoms with Gasteiger partial charge in [0.2, 0.25) is 0 Å². The van der Waals surface area contributed by atoms with Crippen LogP contribution in [0.15, 0.2) is 30.6 Å². The van der Waals surface area contributed by atoms with Crippen LogP contribution < -0.4 is 10.1 Å². The van der Waals surface area contributed by atoms with E-state index in [0.29, 0.717) is 6.54 Å². The number of hydrogen-bond donors (Lipinski definition) is 1. The van der Waals surface area contributed by atoms with Crippen LogP contribution in [0.5, 0.6) is 5.75 Å². The topological polar surface area (TPSA) is 52.0 Å². The highest BCUT2D eigenvalue weighted by Gasteiger charge is 2.04. The van der Waals surface area contributed by atoms with Crippen LogP contribution >= 0.6 is 0 Å². The minimum Gasteiger partial charge on any atom is -0.496 e. The van der Waals surface area contributed by atoms with E-state index in [-0.39, 0.29) is 0 Å². The molecule has 1 heterocycles. The van der Waals surface area contributed by atoms with Crippen molar-refractivity contribution in [2.24, 2.45) is 0 Å². The Morgan fingerprint density at radius 3 is 2.89 bits per heavy atom. The molecule has 0 aliphatic carbocycles. The van der Waals surface area contributed by atoms with Crippen molar-refractivity contribution < 1.29 is 4.74 Å². The number of aromatic nitrogens is 3. The Bertz CT molecular complexity index is 495. The molecule has 0 aliphatic heterocycles. The van der Waals surface area contributed by atoms with Gasteiger partial charge in [-0.15, -0.1) is 0 Å². The van der Waals surface area contributed by atoms with Crippen LogP contribution in [0.3, 0.4) is 0 Å². The molecule has 0 fully saturated rings. The molecule has 0 saturated carbocycles. The third-order valence-corrected chi connectivity index (χ3v) is 2.79. The predicted molar refractivity (Wildman–Crippen MR) is 69.2 cm³/mol. The molecule has 5 heteroatoms. The Labute approximate surface area is 107 Å². The molecular weight excluding hydrogens is 228 g/mol. The largest absolute Gasteiger partial charge is 0.496 e. The molecule has 0 radical (unpaired) electrons. The van der Waals surface area contributed by atoms with Gasteiger partial charge in [-0.25, -0.2) is 9.67 Å². The van der Waals surface area contributed by atoms with Crippen LogP contribution in [0.2, 0.25) is 0 Å². The first-order valence-corrected chi connectivity index (χ1v) is 6.04. The van der Waals surface area contributed by atoms with Gasteiger partial charge in [0.05, 0.1) is 13.7 Å². The van der Waals surface area contributed by atoms with E-state index >= 15 is 0 Å². The fourth-order valence-electron chi connectivity index (χ4n) is 1.85. The summed E-state index contributed by atoms with van der Waals surface area (Å²) in [5.41, 5.74) is 1.14. The number of rotatable bonds is 6. The molecule has 2 rings (SSSR count). The van der Waals surface area contributed by atoms with Crippen molar-refractivity contribution in [1.29, 1.82) is 0 Å². The number of benzene rings is 1. The van der Waals surface area contributed by atoms with Gasteiger partial charge in [0.25, 0.3) is 0 Å². The van der Waals surface area contributed by atoms with Gasteiger partial charge in [0, 0.05) is 18.7 Å². The van der Waals surface area contributed by atoms with Gasteiger partial charge in [-0.05, 0) is 13.0 Å². The molecule has 0 saturated heterocycles. The molecule has 0 unspecified atom stereocenters. The van der Waals surface area contributed by atoms with Crippen molar-refractivity contribution in [2.45, 2.75) is 26.6 Å². The third kappa shape index (κ3) is 2.87. The van der Waals surface area contributed by atoms with Gasteiger partial charge < -0.3 is 10.1 Å². The molecule has 2 aromatic rings. The average Bonchev–Trinajstić information content (AvgIpc) is 2.87. The van der Waals surface area contributed by atoms with Gasteiger partial charge in [-0.1, -0.05) is 18.2 Å². The Morgan fingerprint density at radius 1 is 1.28 bits per heavy atom. The van der Waals surface area contributed by atoms with Crippen LogP contribution in [-0.4, -0.2) is 21.9 Å². The maximum absolute atomic E-state index is 5.30. The van der Waals surface area contributed by atoms with Crippen molar-refractivity contribution in [1.82, 2.24) is 20.1 Å². The van der Waals surface area contributed by atoms with E-state index < -0.39 is 0 Å². The van der Waals surface area contributed by atoms with Crippen molar-refractivity contribution in [3.8, 4) is 5.75 Å². The van der Waals surface area contributed by atoms with E-state index in [9.17, 15) is 0 Å². The summed E-state index contributed by atoms with van der Waals surface area (Å²) in [6, 6.07) is 7.99. The number of aryl methyl sites for hydroxylation is 1. The smallest absolute Gasteiger partial charge is 0.140 e. The van der Waals surface area contributed by atoms with E-state index in [1.807, 2.05) is 22.9 Å². The molecule has 1 aromatic heterocycles. The first-order chi connectivity index (χ1) is 8.85. The maximum Gasteiger partial charge on any atom is 0.140 e. The molecule has 0 atom stereocenters. The molecule has 96 valence electrons. The fraction of sp³-hybridized carbons (Fsp3) is 0.385. The summed E-state index contributed by atoms with van der Waals surface area (Å²) >= 11 is 0. The lowest BCUT2D eigenvalue weighted by Crippen LogP contribution is -2.17. The highest BCUT2D eigenvalue weighted by atomic mass is 16.5. The second kappa shape index (κ2) is 6.16. The number of nitrogens with zero attached hydrogens (tertiary/aromatic N) is 3. The quantitative estimate of drug-likeness (QED) is 0.841. The molecule has 0 spiro atoms. The normalized spacial score (nSPS) is 10.6. The summed E-state index contributed by atoms with van der Waals surface area (Å²) < 4.78 is 7.19. The summed E-state index contributed by atoms with van der Waals surface area (Å²) in [5.74, 6) is 1.86. The lowest BCUT2D eigenvalue weighted by Gasteiger charge is -2.09. The van der Waals surface area contributed by atoms with E-state index in [1.165, 1.54) is 0 Å². The molecular formula is C13H18N4O. The molecule has 18 heavy (non-hydrogen) atoms. The molecule has 1 N–H and O–H groups in total. The molecule has 1 aromatic carbocycles. The van der Waals surface area contributed by atoms with E-state index in [4.69, 9.17) is 4.74 Å². The summed E-state index contributed by atoms with van der Waals surface area (Å²) in [6.07, 6.45) is 1.59. The van der Waals surface area contributed by atoms with Crippen LogP contribution in [-0.2, 0) is 19.6 Å². The lowest BCUT2D eigenvalue weighted by atomic mass is 10.2. The Hall–Kier alpha value is -1.88. The first kappa shape index (κ1) is 12.6. The Balaban J connectivity index is 1.92. The summed E-state index contributed by atoms with van der Waals surface area (Å²) in [5, 5.41) is 7.49. The Morgan fingerprint density at radius 2 is 2.11 bits per heavy atom. The molecule has 5 nitrogen and oxygen atoms in total. The molecule has 0 amide bonds. The molecule has 0 bridgehead atoms. The number of para-hydroxylation sites is 1. The second-order valence-corrected chi connectivity index (χ2v) is 3.91. The van der Waals surface area contributed by atoms with Crippen molar-refractivity contribution >= 4 is 0 Å². The first-order valence-electron chi connectivity index (χ1n) is 6.04. The van der Waals surface area contributed by atoms with Gasteiger partial charge in [0.1, 0.15) is 17.9 Å².